The Hall–Kier alpha value is -3.65. The Morgan fingerprint density at radius 2 is 1.65 bits per heavy atom. The molecule has 6 atom stereocenters. The van der Waals surface area contributed by atoms with Gasteiger partial charge in [0.1, 0.15) is 18.1 Å². The van der Waals surface area contributed by atoms with Gasteiger partial charge in [-0.1, -0.05) is 33.6 Å². The van der Waals surface area contributed by atoms with E-state index in [-0.39, 0.29) is 60.9 Å². The molecule has 0 radical (unpaired) electrons. The maximum absolute atomic E-state index is 13.7. The van der Waals surface area contributed by atoms with Crippen LogP contribution in [0.3, 0.4) is 0 Å². The monoisotopic (exact) mass is 721 g/mol. The third-order valence-electron chi connectivity index (χ3n) is 10.4. The number of likely N-dealkylation sites (N-methyl/N-ethyl adjacent to an activating group) is 3. The van der Waals surface area contributed by atoms with Crippen LogP contribution in [0.2, 0.25) is 0 Å². The van der Waals surface area contributed by atoms with Gasteiger partial charge in [0.25, 0.3) is 0 Å². The molecule has 6 unspecified atom stereocenters. The molecule has 1 N–H and O–H groups in total. The van der Waals surface area contributed by atoms with Crippen LogP contribution in [0.4, 0.5) is 0 Å². The molecule has 1 heterocycles. The van der Waals surface area contributed by atoms with Gasteiger partial charge in [0.15, 0.2) is 0 Å². The van der Waals surface area contributed by atoms with Gasteiger partial charge in [0, 0.05) is 66.9 Å². The van der Waals surface area contributed by atoms with Gasteiger partial charge in [-0.3, -0.25) is 28.8 Å². The molecule has 5 amide bonds. The summed E-state index contributed by atoms with van der Waals surface area (Å²) in [4.78, 5) is 93.4. The molecule has 0 aliphatic carbocycles. The second-order valence-corrected chi connectivity index (χ2v) is 14.1. The average Bonchev–Trinajstić information content (AvgIpc) is 3.60. The second-order valence-electron chi connectivity index (χ2n) is 14.1. The van der Waals surface area contributed by atoms with Gasteiger partial charge >= 0.3 is 0 Å². The van der Waals surface area contributed by atoms with Gasteiger partial charge in [0.2, 0.25) is 29.5 Å². The number of amides is 5. The smallest absolute Gasteiger partial charge is 0.246 e. The number of unbranched alkanes of at least 4 members (excludes halogenated alkanes) is 2. The first-order valence-electron chi connectivity index (χ1n) is 18.0. The molecule has 1 saturated heterocycles. The molecule has 0 saturated carbocycles. The molecule has 1 aliphatic heterocycles. The van der Waals surface area contributed by atoms with E-state index in [1.165, 1.54) is 27.9 Å². The Kier molecular flexibility index (Phi) is 19.9. The highest BCUT2D eigenvalue weighted by Crippen LogP contribution is 2.28. The first kappa shape index (κ1) is 45.4. The van der Waals surface area contributed by atoms with Crippen molar-refractivity contribution in [2.75, 3.05) is 55.0 Å². The van der Waals surface area contributed by atoms with Crippen LogP contribution in [0, 0.1) is 11.8 Å². The van der Waals surface area contributed by atoms with Crippen molar-refractivity contribution in [2.24, 2.45) is 11.8 Å². The standard InChI is InChI=1S/C37H63N5O9/c1-11-26(2)34(29(50-9)23-32(47)42-21-15-17-28(42)35(51-10)27(3)25-44)40(7)33(48)24-38-36(49)37(4,5)41(8)31(46)18-13-12-14-20-39(6)30(45)19-16-22-43/h16,19,22,25-29,34-35H,11-15,17-18,20-21,23-24H2,1-10H3,(H,38,49)/b19-16-. The third-order valence-corrected chi connectivity index (χ3v) is 10.4. The molecule has 0 aromatic rings. The minimum absolute atomic E-state index is 0.0331. The van der Waals surface area contributed by atoms with Crippen LogP contribution in [-0.4, -0.2) is 147 Å². The fourth-order valence-corrected chi connectivity index (χ4v) is 6.57. The first-order valence-corrected chi connectivity index (χ1v) is 18.0. The van der Waals surface area contributed by atoms with Crippen molar-refractivity contribution in [3.05, 3.63) is 12.2 Å². The predicted molar refractivity (Wildman–Crippen MR) is 193 cm³/mol. The summed E-state index contributed by atoms with van der Waals surface area (Å²) in [5, 5.41) is 2.70. The number of allylic oxidation sites excluding steroid dienone is 1. The average molecular weight is 722 g/mol. The zero-order valence-electron chi connectivity index (χ0n) is 32.5. The number of methoxy groups -OCH3 is 2. The summed E-state index contributed by atoms with van der Waals surface area (Å²) in [6.45, 7) is 9.73. The van der Waals surface area contributed by atoms with Gasteiger partial charge in [-0.25, -0.2) is 0 Å². The van der Waals surface area contributed by atoms with Crippen LogP contribution in [-0.2, 0) is 43.0 Å². The van der Waals surface area contributed by atoms with Crippen molar-refractivity contribution in [2.45, 2.75) is 116 Å². The van der Waals surface area contributed by atoms with Crippen molar-refractivity contribution in [3.63, 3.8) is 0 Å². The number of aldehydes is 2. The Bertz CT molecular complexity index is 1210. The number of nitrogens with zero attached hydrogens (tertiary/aromatic N) is 4. The van der Waals surface area contributed by atoms with Crippen LogP contribution in [0.25, 0.3) is 0 Å². The topological polar surface area (TPSA) is 163 Å². The number of ether oxygens (including phenoxy) is 2. The molecule has 1 fully saturated rings. The zero-order chi connectivity index (χ0) is 38.9. The van der Waals surface area contributed by atoms with E-state index >= 15 is 0 Å². The largest absolute Gasteiger partial charge is 0.379 e. The minimum atomic E-state index is -1.24. The second kappa shape index (κ2) is 22.3. The highest BCUT2D eigenvalue weighted by molar-refractivity contribution is 5.93. The van der Waals surface area contributed by atoms with Crippen LogP contribution in [0.15, 0.2) is 12.2 Å². The predicted octanol–water partition coefficient (Wildman–Crippen LogP) is 2.23. The molecule has 0 bridgehead atoms. The van der Waals surface area contributed by atoms with Crippen LogP contribution in [0.1, 0.15) is 86.0 Å². The molecule has 1 rings (SSSR count). The van der Waals surface area contributed by atoms with Gasteiger partial charge in [-0.05, 0) is 51.5 Å². The van der Waals surface area contributed by atoms with Gasteiger partial charge in [-0.15, -0.1) is 0 Å². The van der Waals surface area contributed by atoms with Gasteiger partial charge in [-0.2, -0.15) is 0 Å². The van der Waals surface area contributed by atoms with Gasteiger partial charge in [0.05, 0.1) is 37.3 Å². The van der Waals surface area contributed by atoms with E-state index in [0.29, 0.717) is 45.1 Å². The molecule has 0 aromatic heterocycles. The Balaban J connectivity index is 2.83. The lowest BCUT2D eigenvalue weighted by Gasteiger charge is -2.39. The molecule has 51 heavy (non-hydrogen) atoms. The highest BCUT2D eigenvalue weighted by atomic mass is 16.5. The minimum Gasteiger partial charge on any atom is -0.379 e. The van der Waals surface area contributed by atoms with Crippen molar-refractivity contribution in [1.82, 2.24) is 24.9 Å². The number of hydrogen-bond donors (Lipinski definition) is 1. The molecule has 0 spiro atoms. The summed E-state index contributed by atoms with van der Waals surface area (Å²) in [6.07, 6.45) is 7.13. The number of likely N-dealkylation sites (tertiary alicyclic amines) is 1. The number of nitrogens with one attached hydrogen (secondary N) is 1. The fraction of sp³-hybridized carbons (Fsp3) is 0.757. The number of carbonyl (C=O) groups is 7. The maximum Gasteiger partial charge on any atom is 0.246 e. The van der Waals surface area contributed by atoms with Gasteiger partial charge < -0.3 is 39.2 Å². The molecule has 14 nitrogen and oxygen atoms in total. The first-order chi connectivity index (χ1) is 24.0. The van der Waals surface area contributed by atoms with Crippen LogP contribution >= 0.6 is 0 Å². The molecule has 0 aromatic carbocycles. The maximum atomic E-state index is 13.7. The van der Waals surface area contributed by atoms with E-state index < -0.39 is 29.7 Å². The molecule has 290 valence electrons. The fourth-order valence-electron chi connectivity index (χ4n) is 6.57. The Morgan fingerprint density at radius 1 is 0.980 bits per heavy atom. The van der Waals surface area contributed by atoms with E-state index in [1.807, 2.05) is 13.8 Å². The van der Waals surface area contributed by atoms with Crippen molar-refractivity contribution < 1.29 is 43.0 Å². The lowest BCUT2D eigenvalue weighted by Crippen LogP contribution is -2.58. The zero-order valence-corrected chi connectivity index (χ0v) is 32.5. The quantitative estimate of drug-likeness (QED) is 0.0948. The number of carbonyl (C=O) groups excluding carboxylic acids is 7. The van der Waals surface area contributed by atoms with Crippen LogP contribution in [0.5, 0.6) is 0 Å². The van der Waals surface area contributed by atoms with Crippen molar-refractivity contribution in [3.8, 4) is 0 Å². The lowest BCUT2D eigenvalue weighted by atomic mass is 9.90. The summed E-state index contributed by atoms with van der Waals surface area (Å²) in [5.74, 6) is -1.89. The SMILES string of the molecule is CCC(C)C(C(CC(=O)N1CCCC1C(OC)C(C)C=O)OC)N(C)C(=O)CNC(=O)C(C)(C)N(C)C(=O)CCCCCN(C)C(=O)/C=C\C=O. The molecular weight excluding hydrogens is 658 g/mol. The molecule has 1 aliphatic rings. The van der Waals surface area contributed by atoms with E-state index in [9.17, 15) is 33.6 Å². The summed E-state index contributed by atoms with van der Waals surface area (Å²) >= 11 is 0. The Labute approximate surface area is 304 Å². The molecular formula is C37H63N5O9. The van der Waals surface area contributed by atoms with Crippen molar-refractivity contribution in [1.29, 1.82) is 0 Å². The summed E-state index contributed by atoms with van der Waals surface area (Å²) in [7, 11) is 7.91. The highest BCUT2D eigenvalue weighted by Gasteiger charge is 2.41. The summed E-state index contributed by atoms with van der Waals surface area (Å²) in [5.41, 5.74) is -1.24. The van der Waals surface area contributed by atoms with E-state index in [4.69, 9.17) is 9.47 Å². The van der Waals surface area contributed by atoms with E-state index in [1.54, 1.807) is 53.9 Å². The summed E-state index contributed by atoms with van der Waals surface area (Å²) < 4.78 is 11.5. The van der Waals surface area contributed by atoms with Crippen LogP contribution < -0.4 is 5.32 Å². The molecule has 14 heteroatoms. The summed E-state index contributed by atoms with van der Waals surface area (Å²) in [6, 6.07) is -0.697. The van der Waals surface area contributed by atoms with E-state index in [0.717, 1.165) is 25.2 Å². The van der Waals surface area contributed by atoms with E-state index in [2.05, 4.69) is 5.32 Å². The third kappa shape index (κ3) is 13.1. The number of hydrogen-bond acceptors (Lipinski definition) is 9. The lowest BCUT2D eigenvalue weighted by molar-refractivity contribution is -0.146. The Morgan fingerprint density at radius 3 is 2.22 bits per heavy atom. The number of rotatable bonds is 23. The van der Waals surface area contributed by atoms with Crippen molar-refractivity contribution >= 4 is 42.1 Å². The normalized spacial score (nSPS) is 17.6.